The first kappa shape index (κ1) is 18.5. The van der Waals surface area contributed by atoms with Gasteiger partial charge in [0.1, 0.15) is 0 Å². The standard InChI is InChI=1S/C14H18N4O4S2/c1-2-18(9-3-10-22-24(19,20)21)13-6-4-12(5-7-13)16-17-14-15-8-11-23-14/h4-8,11H,2-3,9-10H2,1H3,(H,19,20,21). The summed E-state index contributed by atoms with van der Waals surface area (Å²) in [6.07, 6.45) is 2.14. The quantitative estimate of drug-likeness (QED) is 0.411. The second-order valence-corrected chi connectivity index (χ2v) is 6.68. The summed E-state index contributed by atoms with van der Waals surface area (Å²) in [5.74, 6) is 0. The van der Waals surface area contributed by atoms with Crippen molar-refractivity contribution in [3.05, 3.63) is 35.8 Å². The zero-order valence-corrected chi connectivity index (χ0v) is 14.7. The molecule has 0 spiro atoms. The van der Waals surface area contributed by atoms with Gasteiger partial charge in [-0.1, -0.05) is 0 Å². The lowest BCUT2D eigenvalue weighted by Crippen LogP contribution is -2.25. The van der Waals surface area contributed by atoms with Crippen LogP contribution in [0.1, 0.15) is 13.3 Å². The van der Waals surface area contributed by atoms with Gasteiger partial charge in [-0.3, -0.25) is 4.55 Å². The van der Waals surface area contributed by atoms with Crippen molar-refractivity contribution in [3.63, 3.8) is 0 Å². The number of thiazole rings is 1. The van der Waals surface area contributed by atoms with Gasteiger partial charge < -0.3 is 4.90 Å². The molecule has 1 aromatic heterocycles. The van der Waals surface area contributed by atoms with Gasteiger partial charge in [-0.05, 0) is 37.6 Å². The molecule has 0 saturated carbocycles. The minimum atomic E-state index is -4.37. The molecule has 2 aromatic rings. The van der Waals surface area contributed by atoms with Crippen LogP contribution in [0.15, 0.2) is 46.1 Å². The molecule has 0 atom stereocenters. The molecule has 8 nitrogen and oxygen atoms in total. The number of aromatic nitrogens is 1. The summed E-state index contributed by atoms with van der Waals surface area (Å²) in [5, 5.41) is 10.6. The number of benzene rings is 1. The maximum absolute atomic E-state index is 10.5. The molecule has 0 bridgehead atoms. The van der Waals surface area contributed by atoms with E-state index in [1.165, 1.54) is 11.3 Å². The fraction of sp³-hybridized carbons (Fsp3) is 0.357. The molecule has 1 aromatic carbocycles. The van der Waals surface area contributed by atoms with Crippen LogP contribution >= 0.6 is 11.3 Å². The molecule has 0 radical (unpaired) electrons. The molecule has 130 valence electrons. The Morgan fingerprint density at radius 3 is 2.62 bits per heavy atom. The zero-order valence-electron chi connectivity index (χ0n) is 13.1. The molecular formula is C14H18N4O4S2. The van der Waals surface area contributed by atoms with Crippen LogP contribution in [-0.2, 0) is 14.6 Å². The first-order valence-corrected chi connectivity index (χ1v) is 9.50. The molecule has 0 aliphatic rings. The monoisotopic (exact) mass is 370 g/mol. The molecule has 10 heteroatoms. The highest BCUT2D eigenvalue weighted by molar-refractivity contribution is 7.80. The molecule has 0 aliphatic heterocycles. The minimum absolute atomic E-state index is 0.0601. The van der Waals surface area contributed by atoms with E-state index in [0.29, 0.717) is 18.1 Å². The van der Waals surface area contributed by atoms with Crippen LogP contribution in [0.2, 0.25) is 0 Å². The summed E-state index contributed by atoms with van der Waals surface area (Å²) >= 11 is 1.41. The van der Waals surface area contributed by atoms with Gasteiger partial charge in [0.05, 0.1) is 12.3 Å². The van der Waals surface area contributed by atoms with Gasteiger partial charge in [-0.25, -0.2) is 9.17 Å². The smallest absolute Gasteiger partial charge is 0.372 e. The Balaban J connectivity index is 1.89. The minimum Gasteiger partial charge on any atom is -0.372 e. The van der Waals surface area contributed by atoms with E-state index in [4.69, 9.17) is 4.55 Å². The average molecular weight is 370 g/mol. The van der Waals surface area contributed by atoms with Crippen molar-refractivity contribution in [3.8, 4) is 0 Å². The van der Waals surface area contributed by atoms with E-state index in [1.54, 1.807) is 6.20 Å². The van der Waals surface area contributed by atoms with Crippen LogP contribution in [0, 0.1) is 0 Å². The van der Waals surface area contributed by atoms with Crippen LogP contribution in [0.25, 0.3) is 0 Å². The maximum Gasteiger partial charge on any atom is 0.397 e. The van der Waals surface area contributed by atoms with Crippen molar-refractivity contribution in [2.75, 3.05) is 24.6 Å². The molecule has 1 N–H and O–H groups in total. The SMILES string of the molecule is CCN(CCCOS(=O)(=O)O)c1ccc(N=Nc2nccs2)cc1. The maximum atomic E-state index is 10.5. The lowest BCUT2D eigenvalue weighted by atomic mass is 10.2. The van der Waals surface area contributed by atoms with E-state index in [1.807, 2.05) is 36.6 Å². The first-order valence-electron chi connectivity index (χ1n) is 7.26. The van der Waals surface area contributed by atoms with Crippen LogP contribution < -0.4 is 4.90 Å². The molecule has 0 amide bonds. The third kappa shape index (κ3) is 6.32. The number of rotatable bonds is 9. The van der Waals surface area contributed by atoms with Crippen molar-refractivity contribution >= 4 is 38.2 Å². The lowest BCUT2D eigenvalue weighted by Gasteiger charge is -2.22. The lowest BCUT2D eigenvalue weighted by molar-refractivity contribution is 0.266. The van der Waals surface area contributed by atoms with E-state index >= 15 is 0 Å². The summed E-state index contributed by atoms with van der Waals surface area (Å²) in [7, 11) is -4.37. The van der Waals surface area contributed by atoms with E-state index in [2.05, 4.69) is 24.3 Å². The van der Waals surface area contributed by atoms with Gasteiger partial charge in [-0.2, -0.15) is 8.42 Å². The Labute approximate surface area is 144 Å². The summed E-state index contributed by atoms with van der Waals surface area (Å²) in [6.45, 7) is 3.30. The molecule has 0 aliphatic carbocycles. The van der Waals surface area contributed by atoms with Crippen LogP contribution in [0.3, 0.4) is 0 Å². The second-order valence-electron chi connectivity index (χ2n) is 4.71. The Hall–Kier alpha value is -1.88. The van der Waals surface area contributed by atoms with Gasteiger partial charge in [0, 0.05) is 30.4 Å². The highest BCUT2D eigenvalue weighted by Gasteiger charge is 2.07. The summed E-state index contributed by atoms with van der Waals surface area (Å²) in [6, 6.07) is 7.54. The fourth-order valence-corrected chi connectivity index (χ4v) is 2.77. The van der Waals surface area contributed by atoms with E-state index in [9.17, 15) is 8.42 Å². The van der Waals surface area contributed by atoms with E-state index in [-0.39, 0.29) is 6.61 Å². The average Bonchev–Trinajstić information content (AvgIpc) is 3.06. The van der Waals surface area contributed by atoms with Crippen molar-refractivity contribution in [2.45, 2.75) is 13.3 Å². The van der Waals surface area contributed by atoms with Crippen LogP contribution in [-0.4, -0.2) is 37.7 Å². The molecule has 0 unspecified atom stereocenters. The number of anilines is 1. The Bertz CT molecular complexity index is 746. The predicted molar refractivity (Wildman–Crippen MR) is 92.7 cm³/mol. The first-order chi connectivity index (χ1) is 11.5. The van der Waals surface area contributed by atoms with Gasteiger partial charge >= 0.3 is 10.4 Å². The molecular weight excluding hydrogens is 352 g/mol. The predicted octanol–water partition coefficient (Wildman–Crippen LogP) is 3.59. The van der Waals surface area contributed by atoms with Crippen molar-refractivity contribution in [2.24, 2.45) is 10.2 Å². The number of hydrogen-bond acceptors (Lipinski definition) is 8. The molecule has 24 heavy (non-hydrogen) atoms. The summed E-state index contributed by atoms with van der Waals surface area (Å²) < 4.78 is 33.8. The Morgan fingerprint density at radius 1 is 1.29 bits per heavy atom. The third-order valence-corrected chi connectivity index (χ3v) is 4.19. The Morgan fingerprint density at radius 2 is 2.04 bits per heavy atom. The van der Waals surface area contributed by atoms with E-state index < -0.39 is 10.4 Å². The van der Waals surface area contributed by atoms with Gasteiger partial charge in [0.15, 0.2) is 0 Å². The van der Waals surface area contributed by atoms with Gasteiger partial charge in [-0.15, -0.1) is 21.6 Å². The second kappa shape index (κ2) is 8.83. The fourth-order valence-electron chi connectivity index (χ4n) is 1.99. The zero-order chi connectivity index (χ0) is 17.4. The molecule has 1 heterocycles. The number of nitrogens with zero attached hydrogens (tertiary/aromatic N) is 4. The summed E-state index contributed by atoms with van der Waals surface area (Å²) in [4.78, 5) is 6.09. The van der Waals surface area contributed by atoms with Gasteiger partial charge in [0.25, 0.3) is 0 Å². The number of hydrogen-bond donors (Lipinski definition) is 1. The molecule has 0 fully saturated rings. The normalized spacial score (nSPS) is 11.9. The van der Waals surface area contributed by atoms with Crippen molar-refractivity contribution in [1.82, 2.24) is 4.98 Å². The van der Waals surface area contributed by atoms with Crippen molar-refractivity contribution < 1.29 is 17.2 Å². The van der Waals surface area contributed by atoms with Crippen molar-refractivity contribution in [1.29, 1.82) is 0 Å². The molecule has 2 rings (SSSR count). The number of azo groups is 1. The van der Waals surface area contributed by atoms with Crippen LogP contribution in [0.4, 0.5) is 16.5 Å². The topological polar surface area (TPSA) is 104 Å². The van der Waals surface area contributed by atoms with Gasteiger partial charge in [0.2, 0.25) is 5.13 Å². The highest BCUT2D eigenvalue weighted by Crippen LogP contribution is 2.23. The van der Waals surface area contributed by atoms with E-state index in [0.717, 1.165) is 17.9 Å². The summed E-state index contributed by atoms with van der Waals surface area (Å²) in [5.41, 5.74) is 1.71. The highest BCUT2D eigenvalue weighted by atomic mass is 32.3. The van der Waals surface area contributed by atoms with Crippen LogP contribution in [0.5, 0.6) is 0 Å². The largest absolute Gasteiger partial charge is 0.397 e. The Kier molecular flexibility index (Phi) is 6.79. The third-order valence-electron chi connectivity index (χ3n) is 3.07. The molecule has 0 saturated heterocycles.